The van der Waals surface area contributed by atoms with Crippen LogP contribution in [0.3, 0.4) is 0 Å². The Morgan fingerprint density at radius 1 is 1.11 bits per heavy atom. The minimum absolute atomic E-state index is 0.128. The molecule has 1 saturated heterocycles. The van der Waals surface area contributed by atoms with Gasteiger partial charge in [-0.3, -0.25) is 4.79 Å². The van der Waals surface area contributed by atoms with Crippen molar-refractivity contribution in [3.63, 3.8) is 0 Å². The van der Waals surface area contributed by atoms with Gasteiger partial charge in [0.25, 0.3) is 5.91 Å². The second-order valence-corrected chi connectivity index (χ2v) is 10.5. The third kappa shape index (κ3) is 4.18. The van der Waals surface area contributed by atoms with Gasteiger partial charge < -0.3 is 18.9 Å². The first-order valence-electron chi connectivity index (χ1n) is 11.8. The van der Waals surface area contributed by atoms with E-state index in [1.54, 1.807) is 30.2 Å². The summed E-state index contributed by atoms with van der Waals surface area (Å²) in [4.78, 5) is 15.3. The van der Waals surface area contributed by atoms with Gasteiger partial charge in [0.2, 0.25) is 10.0 Å². The van der Waals surface area contributed by atoms with E-state index < -0.39 is 10.0 Å². The second kappa shape index (κ2) is 9.58. The third-order valence-corrected chi connectivity index (χ3v) is 8.50. The molecule has 1 aromatic heterocycles. The lowest BCUT2D eigenvalue weighted by Crippen LogP contribution is -2.40. The highest BCUT2D eigenvalue weighted by molar-refractivity contribution is 7.89. The predicted molar refractivity (Wildman–Crippen MR) is 136 cm³/mol. The van der Waals surface area contributed by atoms with E-state index in [4.69, 9.17) is 9.47 Å². The van der Waals surface area contributed by atoms with Crippen LogP contribution in [0.25, 0.3) is 22.6 Å². The van der Waals surface area contributed by atoms with E-state index in [9.17, 15) is 13.2 Å². The highest BCUT2D eigenvalue weighted by Crippen LogP contribution is 2.40. The standard InChI is InChI=1S/C26H29N3O5S/c1-3-29-25-9-8-20(35(31,32)28-11-14-34-15-12-28)17-22(25)23(26(29)30)16-19-18-27(10-13-33-2)24-7-5-4-6-21(19)24/h4-9,16-18H,3,10-15H2,1-2H3/b23-16-. The van der Waals surface area contributed by atoms with E-state index in [1.807, 2.05) is 43.5 Å². The Balaban J connectivity index is 1.62. The summed E-state index contributed by atoms with van der Waals surface area (Å²) in [6, 6.07) is 13.0. The lowest BCUT2D eigenvalue weighted by molar-refractivity contribution is -0.112. The molecule has 3 aromatic rings. The average molecular weight is 496 g/mol. The number of para-hydroxylation sites is 1. The number of hydrogen-bond donors (Lipinski definition) is 0. The molecule has 0 aliphatic carbocycles. The summed E-state index contributed by atoms with van der Waals surface area (Å²) in [5.41, 5.74) is 3.83. The largest absolute Gasteiger partial charge is 0.383 e. The number of morpholine rings is 1. The molecule has 0 atom stereocenters. The number of amides is 1. The van der Waals surface area contributed by atoms with Crippen LogP contribution in [0, 0.1) is 0 Å². The van der Waals surface area contributed by atoms with E-state index in [0.717, 1.165) is 22.2 Å². The normalized spacial score (nSPS) is 18.1. The summed E-state index contributed by atoms with van der Waals surface area (Å²) < 4.78 is 40.7. The Bertz CT molecular complexity index is 1400. The molecule has 0 unspecified atom stereocenters. The zero-order valence-corrected chi connectivity index (χ0v) is 20.8. The summed E-state index contributed by atoms with van der Waals surface area (Å²) >= 11 is 0. The van der Waals surface area contributed by atoms with Crippen molar-refractivity contribution in [3.8, 4) is 0 Å². The zero-order valence-electron chi connectivity index (χ0n) is 19.9. The number of carbonyl (C=O) groups excluding carboxylic acids is 1. The topological polar surface area (TPSA) is 81.1 Å². The van der Waals surface area contributed by atoms with Crippen LogP contribution in [0.2, 0.25) is 0 Å². The lowest BCUT2D eigenvalue weighted by atomic mass is 10.0. The second-order valence-electron chi connectivity index (χ2n) is 8.59. The van der Waals surface area contributed by atoms with Crippen LogP contribution in [-0.2, 0) is 30.8 Å². The van der Waals surface area contributed by atoms with Crippen molar-refractivity contribution in [2.24, 2.45) is 0 Å². The number of methoxy groups -OCH3 is 1. The van der Waals surface area contributed by atoms with E-state index in [0.29, 0.717) is 57.1 Å². The lowest BCUT2D eigenvalue weighted by Gasteiger charge is -2.26. The molecule has 2 aromatic carbocycles. The number of sulfonamides is 1. The number of hydrogen-bond acceptors (Lipinski definition) is 5. The van der Waals surface area contributed by atoms with Crippen LogP contribution in [0.4, 0.5) is 5.69 Å². The van der Waals surface area contributed by atoms with Crippen molar-refractivity contribution < 1.29 is 22.7 Å². The number of fused-ring (bicyclic) bond motifs is 2. The molecule has 8 nitrogen and oxygen atoms in total. The molecule has 1 amide bonds. The number of ether oxygens (including phenoxy) is 2. The van der Waals surface area contributed by atoms with Gasteiger partial charge in [0.1, 0.15) is 0 Å². The van der Waals surface area contributed by atoms with Gasteiger partial charge in [-0.2, -0.15) is 4.31 Å². The Morgan fingerprint density at radius 3 is 2.63 bits per heavy atom. The Labute approximate surface area is 205 Å². The van der Waals surface area contributed by atoms with Crippen molar-refractivity contribution >= 4 is 44.2 Å². The molecule has 9 heteroatoms. The molecule has 0 bridgehead atoms. The van der Waals surface area contributed by atoms with Gasteiger partial charge in [-0.1, -0.05) is 18.2 Å². The number of likely N-dealkylation sites (N-methyl/N-ethyl adjacent to an activating group) is 1. The molecular formula is C26H29N3O5S. The smallest absolute Gasteiger partial charge is 0.258 e. The number of benzene rings is 2. The molecule has 1 fully saturated rings. The Morgan fingerprint density at radius 2 is 1.89 bits per heavy atom. The number of anilines is 1. The van der Waals surface area contributed by atoms with Gasteiger partial charge in [0.15, 0.2) is 0 Å². The summed E-state index contributed by atoms with van der Waals surface area (Å²) in [5, 5.41) is 1.03. The first kappa shape index (κ1) is 23.7. The summed E-state index contributed by atoms with van der Waals surface area (Å²) in [6.07, 6.45) is 3.90. The van der Waals surface area contributed by atoms with Crippen LogP contribution in [0.1, 0.15) is 18.1 Å². The fourth-order valence-electron chi connectivity index (χ4n) is 4.81. The SMILES string of the molecule is CCN1C(=O)/C(=C\c2cn(CCOC)c3ccccc23)c2cc(S(=O)(=O)N3CCOCC3)ccc21. The Hall–Kier alpha value is -2.98. The van der Waals surface area contributed by atoms with E-state index in [-0.39, 0.29) is 10.8 Å². The molecule has 2 aliphatic rings. The molecule has 0 radical (unpaired) electrons. The Kier molecular flexibility index (Phi) is 6.50. The van der Waals surface area contributed by atoms with Crippen LogP contribution in [0.15, 0.2) is 53.6 Å². The summed E-state index contributed by atoms with van der Waals surface area (Å²) in [5.74, 6) is -0.128. The van der Waals surface area contributed by atoms with Gasteiger partial charge >= 0.3 is 0 Å². The van der Waals surface area contributed by atoms with Gasteiger partial charge in [0.05, 0.1) is 30.4 Å². The van der Waals surface area contributed by atoms with E-state index >= 15 is 0 Å². The average Bonchev–Trinajstić information content (AvgIpc) is 3.37. The first-order valence-corrected chi connectivity index (χ1v) is 13.2. The van der Waals surface area contributed by atoms with Crippen molar-refractivity contribution in [2.45, 2.75) is 18.4 Å². The highest BCUT2D eigenvalue weighted by Gasteiger charge is 2.34. The molecule has 5 rings (SSSR count). The number of carbonyl (C=O) groups is 1. The van der Waals surface area contributed by atoms with Crippen molar-refractivity contribution in [3.05, 3.63) is 59.8 Å². The molecule has 35 heavy (non-hydrogen) atoms. The minimum atomic E-state index is -3.68. The maximum atomic E-state index is 13.4. The maximum Gasteiger partial charge on any atom is 0.258 e. The quantitative estimate of drug-likeness (QED) is 0.470. The molecule has 184 valence electrons. The van der Waals surface area contributed by atoms with Crippen molar-refractivity contribution in [2.75, 3.05) is 51.5 Å². The third-order valence-electron chi connectivity index (χ3n) is 6.60. The molecular weight excluding hydrogens is 466 g/mol. The monoisotopic (exact) mass is 495 g/mol. The fraction of sp³-hybridized carbons (Fsp3) is 0.346. The molecule has 0 spiro atoms. The van der Waals surface area contributed by atoms with Gasteiger partial charge in [-0.05, 0) is 37.3 Å². The van der Waals surface area contributed by atoms with Crippen molar-refractivity contribution in [1.82, 2.24) is 8.87 Å². The molecule has 3 heterocycles. The van der Waals surface area contributed by atoms with Crippen LogP contribution in [0.5, 0.6) is 0 Å². The van der Waals surface area contributed by atoms with Gasteiger partial charge in [0, 0.05) is 67.1 Å². The molecule has 0 saturated carbocycles. The van der Waals surface area contributed by atoms with Crippen LogP contribution >= 0.6 is 0 Å². The minimum Gasteiger partial charge on any atom is -0.383 e. The molecule has 0 N–H and O–H groups in total. The predicted octanol–water partition coefficient (Wildman–Crippen LogP) is 3.22. The number of aromatic nitrogens is 1. The van der Waals surface area contributed by atoms with Gasteiger partial charge in [-0.15, -0.1) is 0 Å². The summed E-state index contributed by atoms with van der Waals surface area (Å²) in [6.45, 7) is 5.08. The number of rotatable bonds is 7. The molecule has 2 aliphatic heterocycles. The maximum absolute atomic E-state index is 13.4. The van der Waals surface area contributed by atoms with Crippen LogP contribution < -0.4 is 4.90 Å². The fourth-order valence-corrected chi connectivity index (χ4v) is 6.24. The number of nitrogens with zero attached hydrogens (tertiary/aromatic N) is 3. The van der Waals surface area contributed by atoms with Crippen LogP contribution in [-0.4, -0.2) is 69.8 Å². The first-order chi connectivity index (χ1) is 17.0. The van der Waals surface area contributed by atoms with E-state index in [2.05, 4.69) is 4.57 Å². The summed E-state index contributed by atoms with van der Waals surface area (Å²) in [7, 11) is -2.01. The van der Waals surface area contributed by atoms with E-state index in [1.165, 1.54) is 4.31 Å². The van der Waals surface area contributed by atoms with Gasteiger partial charge in [-0.25, -0.2) is 8.42 Å². The zero-order chi connectivity index (χ0) is 24.6. The van der Waals surface area contributed by atoms with Crippen molar-refractivity contribution in [1.29, 1.82) is 0 Å². The highest BCUT2D eigenvalue weighted by atomic mass is 32.2.